The molecule has 0 spiro atoms. The summed E-state index contributed by atoms with van der Waals surface area (Å²) in [5.74, 6) is 2.67. The van der Waals surface area contributed by atoms with Crippen LogP contribution in [0.5, 0.6) is 0 Å². The highest BCUT2D eigenvalue weighted by molar-refractivity contribution is 7.99. The third kappa shape index (κ3) is 3.76. The van der Waals surface area contributed by atoms with Gasteiger partial charge in [0.15, 0.2) is 11.5 Å². The van der Waals surface area contributed by atoms with Crippen LogP contribution in [0.25, 0.3) is 0 Å². The summed E-state index contributed by atoms with van der Waals surface area (Å²) in [6, 6.07) is 2.30. The molecule has 0 radical (unpaired) electrons. The van der Waals surface area contributed by atoms with Gasteiger partial charge in [-0.05, 0) is 12.7 Å². The van der Waals surface area contributed by atoms with Crippen molar-refractivity contribution in [3.8, 4) is 6.07 Å². The zero-order valence-corrected chi connectivity index (χ0v) is 9.71. The quantitative estimate of drug-likeness (QED) is 0.824. The van der Waals surface area contributed by atoms with Crippen molar-refractivity contribution in [1.29, 1.82) is 5.26 Å². The maximum absolute atomic E-state index is 8.81. The van der Waals surface area contributed by atoms with Crippen LogP contribution < -0.4 is 5.32 Å². The van der Waals surface area contributed by atoms with Gasteiger partial charge in [-0.3, -0.25) is 0 Å². The lowest BCUT2D eigenvalue weighted by atomic mass is 10.3. The Morgan fingerprint density at radius 2 is 2.27 bits per heavy atom. The predicted octanol–water partition coefficient (Wildman–Crippen LogP) is 1.90. The van der Waals surface area contributed by atoms with Crippen molar-refractivity contribution < 1.29 is 0 Å². The molecule has 0 saturated carbocycles. The van der Waals surface area contributed by atoms with E-state index in [1.54, 1.807) is 6.20 Å². The molecule has 1 aromatic rings. The molecule has 4 nitrogen and oxygen atoms in total. The molecule has 1 rings (SSSR count). The maximum atomic E-state index is 8.81. The van der Waals surface area contributed by atoms with E-state index in [0.717, 1.165) is 11.5 Å². The van der Waals surface area contributed by atoms with Crippen LogP contribution in [0.3, 0.4) is 0 Å². The number of hydrogen-bond donors (Lipinski definition) is 1. The Balaban J connectivity index is 2.60. The molecular formula is C10H14N4S. The second-order valence-corrected chi connectivity index (χ2v) is 4.39. The lowest BCUT2D eigenvalue weighted by Crippen LogP contribution is -2.19. The lowest BCUT2D eigenvalue weighted by molar-refractivity contribution is 0.895. The highest BCUT2D eigenvalue weighted by Gasteiger charge is 2.07. The van der Waals surface area contributed by atoms with Gasteiger partial charge in [-0.15, -0.1) is 0 Å². The Morgan fingerprint density at radius 3 is 2.93 bits per heavy atom. The van der Waals surface area contributed by atoms with Gasteiger partial charge in [0.1, 0.15) is 6.07 Å². The van der Waals surface area contributed by atoms with E-state index in [4.69, 9.17) is 5.26 Å². The molecule has 0 amide bonds. The molecule has 0 aliphatic carbocycles. The summed E-state index contributed by atoms with van der Waals surface area (Å²) < 4.78 is 0. The largest absolute Gasteiger partial charge is 0.364 e. The van der Waals surface area contributed by atoms with Crippen molar-refractivity contribution in [2.24, 2.45) is 0 Å². The van der Waals surface area contributed by atoms with Crippen LogP contribution in [0, 0.1) is 11.3 Å². The number of nitrogens with zero attached hydrogens (tertiary/aromatic N) is 3. The molecule has 15 heavy (non-hydrogen) atoms. The number of thioether (sulfide) groups is 1. The first-order valence-electron chi connectivity index (χ1n) is 4.83. The van der Waals surface area contributed by atoms with E-state index in [-0.39, 0.29) is 0 Å². The molecule has 0 aromatic carbocycles. The van der Waals surface area contributed by atoms with Gasteiger partial charge in [-0.2, -0.15) is 17.0 Å². The van der Waals surface area contributed by atoms with Gasteiger partial charge in [-0.1, -0.05) is 6.92 Å². The molecule has 0 bridgehead atoms. The van der Waals surface area contributed by atoms with Crippen LogP contribution in [0.1, 0.15) is 19.5 Å². The second-order valence-electron chi connectivity index (χ2n) is 3.07. The number of rotatable bonds is 5. The van der Waals surface area contributed by atoms with E-state index in [0.29, 0.717) is 17.6 Å². The molecule has 0 aliphatic rings. The molecule has 1 atom stereocenters. The minimum Gasteiger partial charge on any atom is -0.364 e. The summed E-state index contributed by atoms with van der Waals surface area (Å²) in [5, 5.41) is 12.0. The Bertz CT molecular complexity index is 348. The van der Waals surface area contributed by atoms with Gasteiger partial charge < -0.3 is 5.32 Å². The van der Waals surface area contributed by atoms with Gasteiger partial charge >= 0.3 is 0 Å². The van der Waals surface area contributed by atoms with E-state index in [1.165, 1.54) is 6.20 Å². The fraction of sp³-hybridized carbons (Fsp3) is 0.500. The van der Waals surface area contributed by atoms with Crippen molar-refractivity contribution >= 4 is 17.6 Å². The molecule has 0 fully saturated rings. The predicted molar refractivity (Wildman–Crippen MR) is 62.8 cm³/mol. The third-order valence-electron chi connectivity index (χ3n) is 1.76. The molecule has 0 saturated heterocycles. The summed E-state index contributed by atoms with van der Waals surface area (Å²) >= 11 is 1.86. The fourth-order valence-electron chi connectivity index (χ4n) is 1.10. The Kier molecular flexibility index (Phi) is 4.91. The van der Waals surface area contributed by atoms with E-state index in [1.807, 2.05) is 17.8 Å². The van der Waals surface area contributed by atoms with Gasteiger partial charge in [0.05, 0.1) is 0 Å². The van der Waals surface area contributed by atoms with Crippen LogP contribution in [-0.4, -0.2) is 27.5 Å². The summed E-state index contributed by atoms with van der Waals surface area (Å²) in [5.41, 5.74) is 0.353. The summed E-state index contributed by atoms with van der Waals surface area (Å²) in [6.07, 6.45) is 3.11. The van der Waals surface area contributed by atoms with Gasteiger partial charge in [0, 0.05) is 24.2 Å². The van der Waals surface area contributed by atoms with Crippen molar-refractivity contribution in [3.05, 3.63) is 18.1 Å². The number of nitriles is 1. The maximum Gasteiger partial charge on any atom is 0.182 e. The van der Waals surface area contributed by atoms with Crippen molar-refractivity contribution in [2.75, 3.05) is 16.8 Å². The standard InChI is InChI=1S/C10H14N4S/c1-3-15-7-8(2)14-10-9(6-11)12-4-5-13-10/h4-5,8H,3,7H2,1-2H3,(H,13,14). The van der Waals surface area contributed by atoms with Gasteiger partial charge in [0.2, 0.25) is 0 Å². The smallest absolute Gasteiger partial charge is 0.182 e. The van der Waals surface area contributed by atoms with E-state index < -0.39 is 0 Å². The summed E-state index contributed by atoms with van der Waals surface area (Å²) in [6.45, 7) is 4.19. The first-order chi connectivity index (χ1) is 7.27. The molecule has 1 unspecified atom stereocenters. The average molecular weight is 222 g/mol. The first-order valence-corrected chi connectivity index (χ1v) is 5.98. The molecule has 5 heteroatoms. The van der Waals surface area contributed by atoms with Crippen LogP contribution in [-0.2, 0) is 0 Å². The van der Waals surface area contributed by atoms with E-state index >= 15 is 0 Å². The Morgan fingerprint density at radius 1 is 1.53 bits per heavy atom. The Hall–Kier alpha value is -1.28. The number of anilines is 1. The van der Waals surface area contributed by atoms with Crippen molar-refractivity contribution in [3.63, 3.8) is 0 Å². The number of aromatic nitrogens is 2. The molecule has 1 N–H and O–H groups in total. The third-order valence-corrected chi connectivity index (χ3v) is 2.90. The molecule has 0 aliphatic heterocycles. The molecule has 80 valence electrons. The molecular weight excluding hydrogens is 208 g/mol. The van der Waals surface area contributed by atoms with Gasteiger partial charge in [-0.25, -0.2) is 9.97 Å². The summed E-state index contributed by atoms with van der Waals surface area (Å²) in [4.78, 5) is 8.03. The number of hydrogen-bond acceptors (Lipinski definition) is 5. The van der Waals surface area contributed by atoms with Gasteiger partial charge in [0.25, 0.3) is 0 Å². The average Bonchev–Trinajstić information content (AvgIpc) is 2.27. The van der Waals surface area contributed by atoms with Crippen LogP contribution in [0.15, 0.2) is 12.4 Å². The minimum absolute atomic E-state index is 0.291. The van der Waals surface area contributed by atoms with Crippen LogP contribution in [0.2, 0.25) is 0 Å². The minimum atomic E-state index is 0.291. The normalized spacial score (nSPS) is 11.8. The Labute approximate surface area is 94.1 Å². The monoisotopic (exact) mass is 222 g/mol. The molecule has 1 heterocycles. The van der Waals surface area contributed by atoms with Crippen molar-refractivity contribution in [1.82, 2.24) is 9.97 Å². The second kappa shape index (κ2) is 6.25. The van der Waals surface area contributed by atoms with Crippen LogP contribution >= 0.6 is 11.8 Å². The van der Waals surface area contributed by atoms with E-state index in [2.05, 4.69) is 29.1 Å². The lowest BCUT2D eigenvalue weighted by Gasteiger charge is -2.13. The summed E-state index contributed by atoms with van der Waals surface area (Å²) in [7, 11) is 0. The highest BCUT2D eigenvalue weighted by atomic mass is 32.2. The SMILES string of the molecule is CCSCC(C)Nc1nccnc1C#N. The number of nitrogens with one attached hydrogen (secondary N) is 1. The fourth-order valence-corrected chi connectivity index (χ4v) is 1.77. The highest BCUT2D eigenvalue weighted by Crippen LogP contribution is 2.10. The first kappa shape index (κ1) is 11.8. The zero-order chi connectivity index (χ0) is 11.1. The van der Waals surface area contributed by atoms with Crippen molar-refractivity contribution in [2.45, 2.75) is 19.9 Å². The zero-order valence-electron chi connectivity index (χ0n) is 8.90. The molecule has 1 aromatic heterocycles. The topological polar surface area (TPSA) is 61.6 Å². The van der Waals surface area contributed by atoms with E-state index in [9.17, 15) is 0 Å². The van der Waals surface area contributed by atoms with Crippen LogP contribution in [0.4, 0.5) is 5.82 Å².